The van der Waals surface area contributed by atoms with Crippen molar-refractivity contribution in [3.8, 4) is 5.75 Å². The fourth-order valence-electron chi connectivity index (χ4n) is 3.00. The van der Waals surface area contributed by atoms with Gasteiger partial charge < -0.3 is 20.1 Å². The summed E-state index contributed by atoms with van der Waals surface area (Å²) in [7, 11) is 3.22. The standard InChI is InChI=1S/C20H31N3O3/c1-21-20(22-12-6-4-3-5-7-19(24)25-2)23-13-10-16-8-9-18-17(15-16)11-14-26-18/h8-9,15H,3-7,10-14H2,1-2H3,(H2,21,22,23). The van der Waals surface area contributed by atoms with Crippen LogP contribution in [0.1, 0.15) is 43.2 Å². The minimum Gasteiger partial charge on any atom is -0.493 e. The molecule has 0 atom stereocenters. The summed E-state index contributed by atoms with van der Waals surface area (Å²) < 4.78 is 10.2. The lowest BCUT2D eigenvalue weighted by molar-refractivity contribution is -0.140. The molecule has 1 aromatic carbocycles. The monoisotopic (exact) mass is 361 g/mol. The summed E-state index contributed by atoms with van der Waals surface area (Å²) in [5.74, 6) is 1.75. The summed E-state index contributed by atoms with van der Waals surface area (Å²) in [6.07, 6.45) is 6.59. The van der Waals surface area contributed by atoms with Gasteiger partial charge >= 0.3 is 5.97 Å². The van der Waals surface area contributed by atoms with Gasteiger partial charge in [-0.25, -0.2) is 0 Å². The highest BCUT2D eigenvalue weighted by Gasteiger charge is 2.11. The molecule has 1 heterocycles. The molecule has 1 aliphatic rings. The fourth-order valence-corrected chi connectivity index (χ4v) is 3.00. The van der Waals surface area contributed by atoms with Gasteiger partial charge in [0.1, 0.15) is 5.75 Å². The molecule has 0 unspecified atom stereocenters. The summed E-state index contributed by atoms with van der Waals surface area (Å²) in [6, 6.07) is 6.45. The fraction of sp³-hybridized carbons (Fsp3) is 0.600. The Morgan fingerprint density at radius 2 is 2.00 bits per heavy atom. The van der Waals surface area contributed by atoms with Crippen molar-refractivity contribution in [2.45, 2.75) is 44.9 Å². The van der Waals surface area contributed by atoms with Crippen LogP contribution in [0, 0.1) is 0 Å². The second-order valence-corrected chi connectivity index (χ2v) is 6.46. The Hall–Kier alpha value is -2.24. The van der Waals surface area contributed by atoms with Gasteiger partial charge in [-0.3, -0.25) is 9.79 Å². The van der Waals surface area contributed by atoms with E-state index in [9.17, 15) is 4.79 Å². The molecule has 26 heavy (non-hydrogen) atoms. The largest absolute Gasteiger partial charge is 0.493 e. The molecule has 2 N–H and O–H groups in total. The number of unbranched alkanes of at least 4 members (excludes halogenated alkanes) is 3. The molecular formula is C20H31N3O3. The smallest absolute Gasteiger partial charge is 0.305 e. The van der Waals surface area contributed by atoms with Crippen LogP contribution in [-0.4, -0.2) is 45.8 Å². The first-order valence-corrected chi connectivity index (χ1v) is 9.49. The lowest BCUT2D eigenvalue weighted by Gasteiger charge is -2.12. The van der Waals surface area contributed by atoms with E-state index in [4.69, 9.17) is 4.74 Å². The second-order valence-electron chi connectivity index (χ2n) is 6.46. The number of hydrogen-bond donors (Lipinski definition) is 2. The normalized spacial score (nSPS) is 13.1. The Bertz CT molecular complexity index is 602. The Morgan fingerprint density at radius 3 is 2.81 bits per heavy atom. The van der Waals surface area contributed by atoms with Crippen LogP contribution in [0.25, 0.3) is 0 Å². The first kappa shape index (κ1) is 20.1. The molecule has 0 bridgehead atoms. The molecule has 6 heteroatoms. The first-order chi connectivity index (χ1) is 12.7. The molecule has 0 fully saturated rings. The average molecular weight is 361 g/mol. The highest BCUT2D eigenvalue weighted by molar-refractivity contribution is 5.79. The maximum absolute atomic E-state index is 11.0. The van der Waals surface area contributed by atoms with Gasteiger partial charge in [0, 0.05) is 33.0 Å². The summed E-state index contributed by atoms with van der Waals surface area (Å²) in [6.45, 7) is 2.53. The molecule has 1 aromatic rings. The third-order valence-corrected chi connectivity index (χ3v) is 4.51. The number of guanidine groups is 1. The van der Waals surface area contributed by atoms with Crippen molar-refractivity contribution in [1.82, 2.24) is 10.6 Å². The van der Waals surface area contributed by atoms with Crippen molar-refractivity contribution in [3.05, 3.63) is 29.3 Å². The van der Waals surface area contributed by atoms with Crippen LogP contribution < -0.4 is 15.4 Å². The molecule has 0 aromatic heterocycles. The molecule has 6 nitrogen and oxygen atoms in total. The minimum atomic E-state index is -0.122. The van der Waals surface area contributed by atoms with Gasteiger partial charge in [0.2, 0.25) is 0 Å². The van der Waals surface area contributed by atoms with Gasteiger partial charge in [0.05, 0.1) is 13.7 Å². The van der Waals surface area contributed by atoms with Gasteiger partial charge in [-0.05, 0) is 36.5 Å². The molecular weight excluding hydrogens is 330 g/mol. The number of rotatable bonds is 10. The Labute approximate surface area is 156 Å². The zero-order chi connectivity index (χ0) is 18.6. The van der Waals surface area contributed by atoms with E-state index in [2.05, 4.69) is 38.6 Å². The van der Waals surface area contributed by atoms with Crippen molar-refractivity contribution < 1.29 is 14.3 Å². The number of nitrogens with one attached hydrogen (secondary N) is 2. The molecule has 1 aliphatic heterocycles. The van der Waals surface area contributed by atoms with Gasteiger partial charge in [0.25, 0.3) is 0 Å². The van der Waals surface area contributed by atoms with E-state index in [0.29, 0.717) is 6.42 Å². The summed E-state index contributed by atoms with van der Waals surface area (Å²) >= 11 is 0. The first-order valence-electron chi connectivity index (χ1n) is 9.49. The minimum absolute atomic E-state index is 0.122. The Morgan fingerprint density at radius 1 is 1.19 bits per heavy atom. The number of aliphatic imine (C=N–C) groups is 1. The number of esters is 1. The molecule has 0 aliphatic carbocycles. The van der Waals surface area contributed by atoms with E-state index in [1.54, 1.807) is 7.05 Å². The molecule has 0 saturated carbocycles. The van der Waals surface area contributed by atoms with Crippen LogP contribution in [-0.2, 0) is 22.4 Å². The second kappa shape index (κ2) is 11.4. The van der Waals surface area contributed by atoms with Crippen molar-refractivity contribution in [2.75, 3.05) is 33.9 Å². The molecule has 0 spiro atoms. The number of carbonyl (C=O) groups is 1. The van der Waals surface area contributed by atoms with Crippen LogP contribution in [0.2, 0.25) is 0 Å². The number of fused-ring (bicyclic) bond motifs is 1. The quantitative estimate of drug-likeness (QED) is 0.290. The summed E-state index contributed by atoms with van der Waals surface area (Å²) in [4.78, 5) is 15.3. The van der Waals surface area contributed by atoms with E-state index in [1.807, 2.05) is 0 Å². The number of ether oxygens (including phenoxy) is 2. The molecule has 2 rings (SSSR count). The maximum Gasteiger partial charge on any atom is 0.305 e. The lowest BCUT2D eigenvalue weighted by Crippen LogP contribution is -2.38. The van der Waals surface area contributed by atoms with Crippen LogP contribution in [0.5, 0.6) is 5.75 Å². The topological polar surface area (TPSA) is 72.0 Å². The number of benzene rings is 1. The maximum atomic E-state index is 11.0. The third kappa shape index (κ3) is 6.94. The predicted molar refractivity (Wildman–Crippen MR) is 104 cm³/mol. The van der Waals surface area contributed by atoms with E-state index >= 15 is 0 Å². The van der Waals surface area contributed by atoms with Crippen molar-refractivity contribution >= 4 is 11.9 Å². The van der Waals surface area contributed by atoms with Crippen LogP contribution in [0.15, 0.2) is 23.2 Å². The Kier molecular flexibility index (Phi) is 8.79. The van der Waals surface area contributed by atoms with Crippen LogP contribution in [0.4, 0.5) is 0 Å². The number of carbonyl (C=O) groups excluding carboxylic acids is 1. The van der Waals surface area contributed by atoms with Gasteiger partial charge in [-0.15, -0.1) is 0 Å². The number of hydrogen-bond acceptors (Lipinski definition) is 4. The molecule has 0 amide bonds. The van der Waals surface area contributed by atoms with Gasteiger partial charge in [-0.2, -0.15) is 0 Å². The average Bonchev–Trinajstić information content (AvgIpc) is 3.13. The van der Waals surface area contributed by atoms with E-state index in [0.717, 1.165) is 69.9 Å². The summed E-state index contributed by atoms with van der Waals surface area (Å²) in [5.41, 5.74) is 2.64. The third-order valence-electron chi connectivity index (χ3n) is 4.51. The number of nitrogens with zero attached hydrogens (tertiary/aromatic N) is 1. The van der Waals surface area contributed by atoms with Crippen LogP contribution in [0.3, 0.4) is 0 Å². The van der Waals surface area contributed by atoms with Gasteiger partial charge in [0.15, 0.2) is 5.96 Å². The Balaban J connectivity index is 1.54. The SMILES string of the molecule is CN=C(NCCCCCCC(=O)OC)NCCc1ccc2c(c1)CCO2. The molecule has 144 valence electrons. The number of methoxy groups -OCH3 is 1. The zero-order valence-electron chi connectivity index (χ0n) is 16.0. The summed E-state index contributed by atoms with van der Waals surface area (Å²) in [5, 5.41) is 6.69. The highest BCUT2D eigenvalue weighted by Crippen LogP contribution is 2.25. The van der Waals surface area contributed by atoms with E-state index < -0.39 is 0 Å². The van der Waals surface area contributed by atoms with Crippen LogP contribution >= 0.6 is 0 Å². The zero-order valence-corrected chi connectivity index (χ0v) is 16.0. The lowest BCUT2D eigenvalue weighted by atomic mass is 10.1. The predicted octanol–water partition coefficient (Wildman–Crippen LogP) is 2.45. The molecule has 0 saturated heterocycles. The van der Waals surface area contributed by atoms with Crippen molar-refractivity contribution in [2.24, 2.45) is 4.99 Å². The van der Waals surface area contributed by atoms with Crippen molar-refractivity contribution in [1.29, 1.82) is 0 Å². The van der Waals surface area contributed by atoms with Gasteiger partial charge in [-0.1, -0.05) is 25.0 Å². The van der Waals surface area contributed by atoms with E-state index in [1.165, 1.54) is 18.2 Å². The highest BCUT2D eigenvalue weighted by atomic mass is 16.5. The molecule has 0 radical (unpaired) electrons. The van der Waals surface area contributed by atoms with E-state index in [-0.39, 0.29) is 5.97 Å². The van der Waals surface area contributed by atoms with Crippen molar-refractivity contribution in [3.63, 3.8) is 0 Å².